The number of aliphatic hydroxyl groups excluding tert-OH is 1. The van der Waals surface area contributed by atoms with Gasteiger partial charge in [-0.15, -0.1) is 13.2 Å². The van der Waals surface area contributed by atoms with Crippen molar-refractivity contribution in [1.29, 1.82) is 0 Å². The van der Waals surface area contributed by atoms with Gasteiger partial charge in [0.15, 0.2) is 0 Å². The molecule has 1 aliphatic heterocycles. The third-order valence-corrected chi connectivity index (χ3v) is 5.16. The maximum absolute atomic E-state index is 12.5. The van der Waals surface area contributed by atoms with Gasteiger partial charge in [-0.2, -0.15) is 0 Å². The van der Waals surface area contributed by atoms with Crippen LogP contribution in [-0.4, -0.2) is 35.6 Å². The minimum Gasteiger partial charge on any atom is -0.406 e. The van der Waals surface area contributed by atoms with Crippen molar-refractivity contribution in [1.82, 2.24) is 4.90 Å². The summed E-state index contributed by atoms with van der Waals surface area (Å²) in [6.45, 7) is 9.39. The van der Waals surface area contributed by atoms with Crippen molar-refractivity contribution in [3.8, 4) is 5.75 Å². The molecule has 0 bridgehead atoms. The highest BCUT2D eigenvalue weighted by Gasteiger charge is 2.31. The van der Waals surface area contributed by atoms with Crippen LogP contribution in [0.1, 0.15) is 47.0 Å². The Morgan fingerprint density at radius 3 is 2.38 bits per heavy atom. The van der Waals surface area contributed by atoms with Crippen molar-refractivity contribution in [2.24, 2.45) is 0 Å². The molecular weight excluding hydrogens is 417 g/mol. The standard InChI is InChI=1S/C25H33F3N2O2/c1-5-9-18(7-3)24(23(10-6-2)30-16-15-20(31)17-30)22(8-4)29-19-11-13-21(14-12-19)32-25(26,27)28/h6,8-14,20,29,31H,5,7,15-17H2,1-4H3/b10-6-,18-9+,22-8-,24-23+. The van der Waals surface area contributed by atoms with Gasteiger partial charge in [-0.05, 0) is 69.0 Å². The number of allylic oxidation sites excluding steroid dienone is 5. The number of hydrogen-bond donors (Lipinski definition) is 2. The molecular formula is C25H33F3N2O2. The summed E-state index contributed by atoms with van der Waals surface area (Å²) in [6, 6.07) is 5.70. The molecule has 1 unspecified atom stereocenters. The molecule has 32 heavy (non-hydrogen) atoms. The van der Waals surface area contributed by atoms with E-state index in [-0.39, 0.29) is 11.9 Å². The van der Waals surface area contributed by atoms with Gasteiger partial charge in [0, 0.05) is 35.7 Å². The number of alkyl halides is 3. The first-order chi connectivity index (χ1) is 15.2. The maximum atomic E-state index is 12.5. The van der Waals surface area contributed by atoms with Gasteiger partial charge in [0.25, 0.3) is 0 Å². The van der Waals surface area contributed by atoms with E-state index >= 15 is 0 Å². The van der Waals surface area contributed by atoms with Crippen LogP contribution in [0.3, 0.4) is 0 Å². The summed E-state index contributed by atoms with van der Waals surface area (Å²) < 4.78 is 41.4. The molecule has 0 aliphatic carbocycles. The molecule has 0 amide bonds. The smallest absolute Gasteiger partial charge is 0.406 e. The van der Waals surface area contributed by atoms with E-state index in [4.69, 9.17) is 0 Å². The molecule has 1 saturated heterocycles. The van der Waals surface area contributed by atoms with Gasteiger partial charge < -0.3 is 20.1 Å². The average Bonchev–Trinajstić information content (AvgIpc) is 3.17. The summed E-state index contributed by atoms with van der Waals surface area (Å²) in [7, 11) is 0. The Labute approximate surface area is 188 Å². The number of ether oxygens (including phenoxy) is 1. The van der Waals surface area contributed by atoms with Gasteiger partial charge in [-0.25, -0.2) is 0 Å². The number of β-amino-alcohol motifs (C(OH)–C–C–N with tert-alkyl or cyclic N) is 1. The zero-order valence-corrected chi connectivity index (χ0v) is 19.2. The zero-order valence-electron chi connectivity index (χ0n) is 19.2. The van der Waals surface area contributed by atoms with Gasteiger partial charge in [-0.1, -0.05) is 32.1 Å². The predicted molar refractivity (Wildman–Crippen MR) is 123 cm³/mol. The van der Waals surface area contributed by atoms with E-state index in [1.54, 1.807) is 12.1 Å². The van der Waals surface area contributed by atoms with Crippen molar-refractivity contribution in [3.63, 3.8) is 0 Å². The second-order valence-corrected chi connectivity index (χ2v) is 7.54. The Morgan fingerprint density at radius 2 is 1.91 bits per heavy atom. The topological polar surface area (TPSA) is 44.7 Å². The molecule has 4 nitrogen and oxygen atoms in total. The summed E-state index contributed by atoms with van der Waals surface area (Å²) in [5.41, 5.74) is 4.71. The molecule has 1 heterocycles. The van der Waals surface area contributed by atoms with Crippen LogP contribution in [0.4, 0.5) is 18.9 Å². The second-order valence-electron chi connectivity index (χ2n) is 7.54. The van der Waals surface area contributed by atoms with E-state index < -0.39 is 6.36 Å². The van der Waals surface area contributed by atoms with Gasteiger partial charge in [0.1, 0.15) is 5.75 Å². The molecule has 176 valence electrons. The van der Waals surface area contributed by atoms with Crippen LogP contribution in [0.5, 0.6) is 5.75 Å². The quantitative estimate of drug-likeness (QED) is 0.419. The lowest BCUT2D eigenvalue weighted by Crippen LogP contribution is -2.24. The van der Waals surface area contributed by atoms with Gasteiger partial charge in [-0.3, -0.25) is 0 Å². The highest BCUT2D eigenvalue weighted by Crippen LogP contribution is 2.32. The Hall–Kier alpha value is -2.67. The number of nitrogens with one attached hydrogen (secondary N) is 1. The number of halogens is 3. The Morgan fingerprint density at radius 1 is 1.22 bits per heavy atom. The van der Waals surface area contributed by atoms with Crippen LogP contribution in [0.2, 0.25) is 0 Å². The van der Waals surface area contributed by atoms with Gasteiger partial charge in [0.05, 0.1) is 6.10 Å². The molecule has 1 aromatic rings. The molecule has 1 aromatic carbocycles. The minimum absolute atomic E-state index is 0.262. The van der Waals surface area contributed by atoms with Crippen molar-refractivity contribution in [2.45, 2.75) is 59.4 Å². The van der Waals surface area contributed by atoms with Gasteiger partial charge in [0.2, 0.25) is 0 Å². The molecule has 7 heteroatoms. The largest absolute Gasteiger partial charge is 0.573 e. The molecule has 1 fully saturated rings. The van der Waals surface area contributed by atoms with E-state index in [0.717, 1.165) is 36.4 Å². The first-order valence-electron chi connectivity index (χ1n) is 11.0. The summed E-state index contributed by atoms with van der Waals surface area (Å²) in [4.78, 5) is 2.19. The van der Waals surface area contributed by atoms with Crippen LogP contribution in [0.25, 0.3) is 0 Å². The highest BCUT2D eigenvalue weighted by molar-refractivity contribution is 5.61. The van der Waals surface area contributed by atoms with E-state index in [0.29, 0.717) is 18.7 Å². The third kappa shape index (κ3) is 7.19. The van der Waals surface area contributed by atoms with Crippen molar-refractivity contribution in [3.05, 3.63) is 71.1 Å². The number of benzene rings is 1. The monoisotopic (exact) mass is 450 g/mol. The molecule has 0 spiro atoms. The van der Waals surface area contributed by atoms with E-state index in [2.05, 4.69) is 41.0 Å². The number of aliphatic hydroxyl groups is 1. The summed E-state index contributed by atoms with van der Waals surface area (Å²) in [5.74, 6) is -0.262. The number of anilines is 1. The Kier molecular flexibility index (Phi) is 9.44. The first kappa shape index (κ1) is 25.6. The SMILES string of the molecule is C\C=C/C(=C(C(=C\C)\Nc1ccc(OC(F)(F)F)cc1)/C(=C/CC)CC)N1CCC(O)C1. The molecule has 1 atom stereocenters. The summed E-state index contributed by atoms with van der Waals surface area (Å²) in [5, 5.41) is 13.5. The fourth-order valence-corrected chi connectivity index (χ4v) is 3.78. The van der Waals surface area contributed by atoms with Crippen LogP contribution < -0.4 is 10.1 Å². The number of nitrogens with zero attached hydrogens (tertiary/aromatic N) is 1. The van der Waals surface area contributed by atoms with Crippen molar-refractivity contribution >= 4 is 5.69 Å². The lowest BCUT2D eigenvalue weighted by Gasteiger charge is -2.27. The van der Waals surface area contributed by atoms with Crippen molar-refractivity contribution in [2.75, 3.05) is 18.4 Å². The Bertz CT molecular complexity index is 868. The molecule has 1 aliphatic rings. The zero-order chi connectivity index (χ0) is 23.7. The van der Waals surface area contributed by atoms with Gasteiger partial charge >= 0.3 is 6.36 Å². The molecule has 2 N–H and O–H groups in total. The van der Waals surface area contributed by atoms with Crippen LogP contribution in [-0.2, 0) is 0 Å². The molecule has 2 rings (SSSR count). The lowest BCUT2D eigenvalue weighted by molar-refractivity contribution is -0.274. The van der Waals surface area contributed by atoms with Crippen molar-refractivity contribution < 1.29 is 23.0 Å². The first-order valence-corrected chi connectivity index (χ1v) is 11.0. The predicted octanol–water partition coefficient (Wildman–Crippen LogP) is 6.54. The fourth-order valence-electron chi connectivity index (χ4n) is 3.78. The number of rotatable bonds is 9. The van der Waals surface area contributed by atoms with E-state index in [1.807, 2.05) is 26.0 Å². The third-order valence-electron chi connectivity index (χ3n) is 5.16. The molecule has 0 saturated carbocycles. The van der Waals surface area contributed by atoms with Crippen LogP contribution >= 0.6 is 0 Å². The molecule has 0 radical (unpaired) electrons. The normalized spacial score (nSPS) is 18.9. The summed E-state index contributed by atoms with van der Waals surface area (Å²) >= 11 is 0. The lowest BCUT2D eigenvalue weighted by atomic mass is 9.95. The molecule has 0 aromatic heterocycles. The van der Waals surface area contributed by atoms with Crippen LogP contribution in [0, 0.1) is 0 Å². The number of hydrogen-bond acceptors (Lipinski definition) is 4. The second kappa shape index (κ2) is 11.8. The van der Waals surface area contributed by atoms with E-state index in [1.165, 1.54) is 17.7 Å². The Balaban J connectivity index is 2.48. The maximum Gasteiger partial charge on any atom is 0.573 e. The fraction of sp³-hybridized carbons (Fsp3) is 0.440. The average molecular weight is 451 g/mol. The number of likely N-dealkylation sites (tertiary alicyclic amines) is 1. The highest BCUT2D eigenvalue weighted by atomic mass is 19.4. The minimum atomic E-state index is -4.72. The summed E-state index contributed by atoms with van der Waals surface area (Å²) in [6.07, 6.45) is 5.51. The van der Waals surface area contributed by atoms with E-state index in [9.17, 15) is 18.3 Å². The van der Waals surface area contributed by atoms with Crippen LogP contribution in [0.15, 0.2) is 71.1 Å².